The number of aliphatic hydroxyl groups is 1. The van der Waals surface area contributed by atoms with Crippen molar-refractivity contribution in [2.24, 2.45) is 0 Å². The summed E-state index contributed by atoms with van der Waals surface area (Å²) in [7, 11) is -3.71. The number of sulfonamides is 1. The zero-order chi connectivity index (χ0) is 11.7. The molecule has 1 heterocycles. The van der Waals surface area contributed by atoms with E-state index < -0.39 is 15.6 Å². The van der Waals surface area contributed by atoms with Crippen LogP contribution in [0.1, 0.15) is 13.8 Å². The summed E-state index contributed by atoms with van der Waals surface area (Å²) in [4.78, 5) is -0.119. The van der Waals surface area contributed by atoms with Crippen molar-refractivity contribution in [3.8, 4) is 0 Å². The highest BCUT2D eigenvalue weighted by Gasteiger charge is 2.22. The highest BCUT2D eigenvalue weighted by atomic mass is 32.2. The van der Waals surface area contributed by atoms with E-state index in [4.69, 9.17) is 5.73 Å². The number of aromatic nitrogens is 2. The van der Waals surface area contributed by atoms with Crippen molar-refractivity contribution in [3.63, 3.8) is 0 Å². The maximum atomic E-state index is 11.6. The number of H-pyrrole nitrogens is 1. The van der Waals surface area contributed by atoms with Crippen molar-refractivity contribution in [2.75, 3.05) is 12.3 Å². The van der Waals surface area contributed by atoms with Crippen molar-refractivity contribution in [1.82, 2.24) is 14.9 Å². The lowest BCUT2D eigenvalue weighted by molar-refractivity contribution is 0.0857. The van der Waals surface area contributed by atoms with Crippen LogP contribution in [0.3, 0.4) is 0 Å². The summed E-state index contributed by atoms with van der Waals surface area (Å²) in [5.74, 6) is -0.0294. The Morgan fingerprint density at radius 2 is 2.27 bits per heavy atom. The molecule has 0 saturated carbocycles. The molecule has 1 rings (SSSR count). The quantitative estimate of drug-likeness (QED) is 0.534. The number of anilines is 1. The topological polar surface area (TPSA) is 121 Å². The molecule has 0 spiro atoms. The molecule has 0 aliphatic carbocycles. The molecule has 1 aromatic heterocycles. The fourth-order valence-corrected chi connectivity index (χ4v) is 2.07. The molecule has 0 saturated heterocycles. The van der Waals surface area contributed by atoms with Gasteiger partial charge in [-0.1, -0.05) is 0 Å². The van der Waals surface area contributed by atoms with E-state index in [1.54, 1.807) is 0 Å². The van der Waals surface area contributed by atoms with Crippen LogP contribution in [0.15, 0.2) is 11.1 Å². The molecule has 7 nitrogen and oxygen atoms in total. The third-order valence-corrected chi connectivity index (χ3v) is 3.05. The number of hydrogen-bond acceptors (Lipinski definition) is 5. The van der Waals surface area contributed by atoms with Crippen molar-refractivity contribution in [2.45, 2.75) is 24.3 Å². The molecule has 15 heavy (non-hydrogen) atoms. The standard InChI is InChI=1S/C7H14N4O3S/c1-7(2,12)4-10-15(13,14)5-3-9-11-6(5)8/h3,10,12H,4H2,1-2H3,(H3,8,9,11). The molecule has 0 aliphatic heterocycles. The second kappa shape index (κ2) is 3.80. The number of rotatable bonds is 4. The first-order valence-electron chi connectivity index (χ1n) is 4.23. The highest BCUT2D eigenvalue weighted by Crippen LogP contribution is 2.14. The van der Waals surface area contributed by atoms with Gasteiger partial charge in [0.05, 0.1) is 11.8 Å². The smallest absolute Gasteiger partial charge is 0.245 e. The van der Waals surface area contributed by atoms with Crippen LogP contribution in [0.5, 0.6) is 0 Å². The highest BCUT2D eigenvalue weighted by molar-refractivity contribution is 7.89. The van der Waals surface area contributed by atoms with E-state index in [0.29, 0.717) is 0 Å². The van der Waals surface area contributed by atoms with Gasteiger partial charge in [0.1, 0.15) is 10.7 Å². The maximum Gasteiger partial charge on any atom is 0.245 e. The van der Waals surface area contributed by atoms with Gasteiger partial charge in [0.25, 0.3) is 0 Å². The number of aromatic amines is 1. The van der Waals surface area contributed by atoms with E-state index in [0.717, 1.165) is 6.20 Å². The largest absolute Gasteiger partial charge is 0.389 e. The number of nitrogens with zero attached hydrogens (tertiary/aromatic N) is 1. The fourth-order valence-electron chi connectivity index (χ4n) is 0.849. The minimum atomic E-state index is -3.71. The van der Waals surface area contributed by atoms with Crippen LogP contribution in [0.4, 0.5) is 5.82 Å². The molecule has 0 amide bonds. The van der Waals surface area contributed by atoms with E-state index in [9.17, 15) is 13.5 Å². The van der Waals surface area contributed by atoms with E-state index in [-0.39, 0.29) is 17.3 Å². The summed E-state index contributed by atoms with van der Waals surface area (Å²) >= 11 is 0. The molecule has 0 aliphatic rings. The summed E-state index contributed by atoms with van der Waals surface area (Å²) < 4.78 is 25.4. The van der Waals surface area contributed by atoms with Crippen molar-refractivity contribution >= 4 is 15.8 Å². The van der Waals surface area contributed by atoms with Gasteiger partial charge in [0, 0.05) is 6.54 Å². The maximum absolute atomic E-state index is 11.6. The second-order valence-corrected chi connectivity index (χ2v) is 5.52. The van der Waals surface area contributed by atoms with Crippen LogP contribution in [0, 0.1) is 0 Å². The predicted octanol–water partition coefficient (Wildman–Crippen LogP) is -0.959. The van der Waals surface area contributed by atoms with Crippen LogP contribution in [0.2, 0.25) is 0 Å². The Hall–Kier alpha value is -1.12. The number of nitrogen functional groups attached to an aromatic ring is 1. The van der Waals surface area contributed by atoms with Crippen LogP contribution in [-0.4, -0.2) is 35.9 Å². The van der Waals surface area contributed by atoms with E-state index >= 15 is 0 Å². The van der Waals surface area contributed by atoms with E-state index in [2.05, 4.69) is 14.9 Å². The molecule has 1 aromatic rings. The third kappa shape index (κ3) is 3.18. The van der Waals surface area contributed by atoms with E-state index in [1.807, 2.05) is 0 Å². The predicted molar refractivity (Wildman–Crippen MR) is 54.5 cm³/mol. The van der Waals surface area contributed by atoms with Gasteiger partial charge in [-0.25, -0.2) is 13.1 Å². The van der Waals surface area contributed by atoms with Crippen LogP contribution in [-0.2, 0) is 10.0 Å². The molecule has 0 unspecified atom stereocenters. The van der Waals surface area contributed by atoms with Gasteiger partial charge in [-0.15, -0.1) is 0 Å². The first-order valence-corrected chi connectivity index (χ1v) is 5.71. The lowest BCUT2D eigenvalue weighted by atomic mass is 10.1. The molecule has 0 radical (unpaired) electrons. The molecule has 5 N–H and O–H groups in total. The van der Waals surface area contributed by atoms with Gasteiger partial charge in [0.2, 0.25) is 10.0 Å². The minimum absolute atomic E-state index is 0.0294. The van der Waals surface area contributed by atoms with Crippen molar-refractivity contribution < 1.29 is 13.5 Å². The van der Waals surface area contributed by atoms with Crippen LogP contribution >= 0.6 is 0 Å². The monoisotopic (exact) mass is 234 g/mol. The Kier molecular flexibility index (Phi) is 3.03. The summed E-state index contributed by atoms with van der Waals surface area (Å²) in [5.41, 5.74) is 4.25. The molecule has 0 bridgehead atoms. The summed E-state index contributed by atoms with van der Waals surface area (Å²) in [6.07, 6.45) is 1.11. The van der Waals surface area contributed by atoms with Gasteiger partial charge in [0.15, 0.2) is 0 Å². The zero-order valence-electron chi connectivity index (χ0n) is 8.48. The lowest BCUT2D eigenvalue weighted by Gasteiger charge is -2.17. The summed E-state index contributed by atoms with van der Waals surface area (Å²) in [6.45, 7) is 2.89. The number of nitrogens with one attached hydrogen (secondary N) is 2. The van der Waals surface area contributed by atoms with Crippen LogP contribution in [0.25, 0.3) is 0 Å². The molecule has 8 heteroatoms. The van der Waals surface area contributed by atoms with Crippen molar-refractivity contribution in [1.29, 1.82) is 0 Å². The van der Waals surface area contributed by atoms with Gasteiger partial charge in [-0.05, 0) is 13.8 Å². The van der Waals surface area contributed by atoms with Crippen molar-refractivity contribution in [3.05, 3.63) is 6.20 Å². The summed E-state index contributed by atoms with van der Waals surface area (Å²) in [6, 6.07) is 0. The average molecular weight is 234 g/mol. The molecule has 0 fully saturated rings. The normalized spacial score (nSPS) is 13.0. The number of hydrogen-bond donors (Lipinski definition) is 4. The SMILES string of the molecule is CC(C)(O)CNS(=O)(=O)c1cn[nH]c1N. The average Bonchev–Trinajstić information content (AvgIpc) is 2.47. The van der Waals surface area contributed by atoms with Gasteiger partial charge >= 0.3 is 0 Å². The molecule has 0 aromatic carbocycles. The molecular weight excluding hydrogens is 220 g/mol. The zero-order valence-corrected chi connectivity index (χ0v) is 9.30. The van der Waals surface area contributed by atoms with Crippen LogP contribution < -0.4 is 10.5 Å². The Morgan fingerprint density at radius 3 is 2.67 bits per heavy atom. The first-order chi connectivity index (χ1) is 6.72. The Labute approximate surface area is 87.7 Å². The third-order valence-electron chi connectivity index (χ3n) is 1.62. The Morgan fingerprint density at radius 1 is 1.67 bits per heavy atom. The van der Waals surface area contributed by atoms with Gasteiger partial charge < -0.3 is 10.8 Å². The van der Waals surface area contributed by atoms with E-state index in [1.165, 1.54) is 13.8 Å². The lowest BCUT2D eigenvalue weighted by Crippen LogP contribution is -2.38. The molecule has 0 atom stereocenters. The first kappa shape index (κ1) is 12.0. The van der Waals surface area contributed by atoms with Gasteiger partial charge in [-0.3, -0.25) is 5.10 Å². The fraction of sp³-hybridized carbons (Fsp3) is 0.571. The second-order valence-electron chi connectivity index (χ2n) is 3.78. The Bertz CT molecular complexity index is 431. The minimum Gasteiger partial charge on any atom is -0.389 e. The Balaban J connectivity index is 2.82. The number of nitrogens with two attached hydrogens (primary N) is 1. The van der Waals surface area contributed by atoms with Gasteiger partial charge in [-0.2, -0.15) is 5.10 Å². The summed E-state index contributed by atoms with van der Waals surface area (Å²) in [5, 5.41) is 15.2. The molecular formula is C7H14N4O3S. The molecule has 86 valence electrons.